The van der Waals surface area contributed by atoms with Gasteiger partial charge in [-0.15, -0.1) is 0 Å². The molecule has 0 unspecified atom stereocenters. The first-order chi connectivity index (χ1) is 7.70. The van der Waals surface area contributed by atoms with Crippen LogP contribution >= 0.6 is 15.9 Å². The number of hydrogen-bond donors (Lipinski definition) is 0. The second kappa shape index (κ2) is 4.70. The molecule has 1 aromatic rings. The van der Waals surface area contributed by atoms with Crippen LogP contribution in [0.15, 0.2) is 40.6 Å². The Labute approximate surface area is 102 Å². The van der Waals surface area contributed by atoms with Gasteiger partial charge in [0.25, 0.3) is 0 Å². The van der Waals surface area contributed by atoms with E-state index >= 15 is 0 Å². The molecular weight excluding hydrogens is 272 g/mol. The van der Waals surface area contributed by atoms with Crippen molar-refractivity contribution in [3.63, 3.8) is 0 Å². The lowest BCUT2D eigenvalue weighted by Gasteiger charge is -2.23. The molecule has 1 aliphatic heterocycles. The van der Waals surface area contributed by atoms with Crippen LogP contribution in [-0.4, -0.2) is 13.1 Å². The topological polar surface area (TPSA) is 35.5 Å². The van der Waals surface area contributed by atoms with Crippen molar-refractivity contribution in [3.05, 3.63) is 46.1 Å². The molecule has 0 saturated heterocycles. The van der Waals surface area contributed by atoms with E-state index in [4.69, 9.17) is 9.47 Å². The predicted molar refractivity (Wildman–Crippen MR) is 62.7 cm³/mol. The molecule has 0 radical (unpaired) electrons. The van der Waals surface area contributed by atoms with Gasteiger partial charge in [0, 0.05) is 16.5 Å². The van der Waals surface area contributed by atoms with E-state index < -0.39 is 0 Å². The molecule has 84 valence electrons. The number of hydrogen-bond acceptors (Lipinski definition) is 3. The second-order valence-electron chi connectivity index (χ2n) is 3.47. The Morgan fingerprint density at radius 1 is 1.44 bits per heavy atom. The summed E-state index contributed by atoms with van der Waals surface area (Å²) in [6.07, 6.45) is 1.68. The maximum Gasteiger partial charge on any atom is 0.334 e. The first-order valence-electron chi connectivity index (χ1n) is 4.90. The van der Waals surface area contributed by atoms with Crippen LogP contribution in [-0.2, 0) is 14.3 Å². The van der Waals surface area contributed by atoms with Gasteiger partial charge in [-0.1, -0.05) is 34.1 Å². The van der Waals surface area contributed by atoms with Gasteiger partial charge in [0.1, 0.15) is 11.9 Å². The Hall–Kier alpha value is -1.29. The molecule has 1 heterocycles. The van der Waals surface area contributed by atoms with Crippen LogP contribution in [0.1, 0.15) is 18.1 Å². The zero-order valence-electron chi connectivity index (χ0n) is 8.77. The summed E-state index contributed by atoms with van der Waals surface area (Å²) in [6, 6.07) is 7.69. The maximum absolute atomic E-state index is 11.3. The zero-order chi connectivity index (χ0) is 11.5. The zero-order valence-corrected chi connectivity index (χ0v) is 10.4. The predicted octanol–water partition coefficient (Wildman–Crippen LogP) is 2.97. The molecule has 0 N–H and O–H groups in total. The van der Waals surface area contributed by atoms with Gasteiger partial charge >= 0.3 is 5.97 Å². The molecule has 0 aromatic heterocycles. The molecule has 3 nitrogen and oxygen atoms in total. The maximum atomic E-state index is 11.3. The summed E-state index contributed by atoms with van der Waals surface area (Å²) in [5.74, 6) is 0.292. The molecule has 0 saturated carbocycles. The van der Waals surface area contributed by atoms with Gasteiger partial charge in [-0.3, -0.25) is 0 Å². The van der Waals surface area contributed by atoms with Gasteiger partial charge in [0.2, 0.25) is 0 Å². The van der Waals surface area contributed by atoms with Crippen molar-refractivity contribution in [2.24, 2.45) is 0 Å². The molecule has 1 aliphatic rings. The molecule has 0 amide bonds. The van der Waals surface area contributed by atoms with Crippen LogP contribution in [0.5, 0.6) is 0 Å². The molecule has 1 atom stereocenters. The number of cyclic esters (lactones) is 1. The van der Waals surface area contributed by atoms with Crippen molar-refractivity contribution in [1.82, 2.24) is 0 Å². The lowest BCUT2D eigenvalue weighted by molar-refractivity contribution is -0.145. The fraction of sp³-hybridized carbons (Fsp3) is 0.250. The highest BCUT2D eigenvalue weighted by molar-refractivity contribution is 9.10. The van der Waals surface area contributed by atoms with Crippen molar-refractivity contribution < 1.29 is 14.3 Å². The minimum atomic E-state index is -0.358. The fourth-order valence-corrected chi connectivity index (χ4v) is 2.18. The summed E-state index contributed by atoms with van der Waals surface area (Å²) in [6.45, 7) is 0. The Morgan fingerprint density at radius 2 is 2.19 bits per heavy atom. The Balaban J connectivity index is 2.27. The van der Waals surface area contributed by atoms with Gasteiger partial charge < -0.3 is 9.47 Å². The van der Waals surface area contributed by atoms with Crippen LogP contribution in [0.2, 0.25) is 0 Å². The first-order valence-corrected chi connectivity index (χ1v) is 5.69. The quantitative estimate of drug-likeness (QED) is 0.783. The first kappa shape index (κ1) is 11.2. The van der Waals surface area contributed by atoms with Crippen molar-refractivity contribution in [3.8, 4) is 0 Å². The molecule has 4 heteroatoms. The number of methoxy groups -OCH3 is 1. The van der Waals surface area contributed by atoms with Gasteiger partial charge in [-0.05, 0) is 6.07 Å². The van der Waals surface area contributed by atoms with Gasteiger partial charge in [0.05, 0.1) is 13.2 Å². The number of rotatable bonds is 2. The van der Waals surface area contributed by atoms with Crippen LogP contribution in [0, 0.1) is 0 Å². The number of ether oxygens (including phenoxy) is 2. The Morgan fingerprint density at radius 3 is 2.88 bits per heavy atom. The third-order valence-electron chi connectivity index (χ3n) is 2.44. The highest BCUT2D eigenvalue weighted by Gasteiger charge is 2.25. The lowest BCUT2D eigenvalue weighted by Crippen LogP contribution is -2.17. The van der Waals surface area contributed by atoms with Gasteiger partial charge in [-0.2, -0.15) is 0 Å². The van der Waals surface area contributed by atoms with E-state index in [1.54, 1.807) is 7.11 Å². The molecule has 0 bridgehead atoms. The van der Waals surface area contributed by atoms with Crippen LogP contribution in [0.3, 0.4) is 0 Å². The van der Waals surface area contributed by atoms with Crippen LogP contribution < -0.4 is 0 Å². The van der Waals surface area contributed by atoms with E-state index in [0.717, 1.165) is 10.0 Å². The molecule has 0 fully saturated rings. The monoisotopic (exact) mass is 282 g/mol. The normalized spacial score (nSPS) is 20.0. The summed E-state index contributed by atoms with van der Waals surface area (Å²) >= 11 is 3.44. The van der Waals surface area contributed by atoms with E-state index in [2.05, 4.69) is 15.9 Å². The Bertz CT molecular complexity index is 440. The SMILES string of the molecule is COC1=CC(=O)O[C@H](c2ccccc2Br)C1. The third kappa shape index (κ3) is 2.27. The molecular formula is C12H11BrO3. The number of halogens is 1. The van der Waals surface area contributed by atoms with Gasteiger partial charge in [0.15, 0.2) is 0 Å². The number of carbonyl (C=O) groups excluding carboxylic acids is 1. The minimum absolute atomic E-state index is 0.275. The highest BCUT2D eigenvalue weighted by Crippen LogP contribution is 2.33. The summed E-state index contributed by atoms with van der Waals surface area (Å²) in [5.41, 5.74) is 0.957. The number of esters is 1. The summed E-state index contributed by atoms with van der Waals surface area (Å²) < 4.78 is 11.3. The van der Waals surface area contributed by atoms with E-state index in [-0.39, 0.29) is 12.1 Å². The molecule has 1 aromatic carbocycles. The molecule has 0 aliphatic carbocycles. The van der Waals surface area contributed by atoms with Crippen LogP contribution in [0.4, 0.5) is 0 Å². The molecule has 2 rings (SSSR count). The second-order valence-corrected chi connectivity index (χ2v) is 4.32. The molecule has 0 spiro atoms. The van der Waals surface area contributed by atoms with Gasteiger partial charge in [-0.25, -0.2) is 4.79 Å². The lowest BCUT2D eigenvalue weighted by atomic mass is 10.0. The van der Waals surface area contributed by atoms with Crippen LogP contribution in [0.25, 0.3) is 0 Å². The van der Waals surface area contributed by atoms with Crippen molar-refractivity contribution >= 4 is 21.9 Å². The molecule has 16 heavy (non-hydrogen) atoms. The standard InChI is InChI=1S/C12H11BrO3/c1-15-8-6-11(16-12(14)7-8)9-4-2-3-5-10(9)13/h2-5,7,11H,6H2,1H3/t11-/m0/s1. The van der Waals surface area contributed by atoms with E-state index in [9.17, 15) is 4.79 Å². The fourth-order valence-electron chi connectivity index (χ4n) is 1.64. The summed E-state index contributed by atoms with van der Waals surface area (Å²) in [7, 11) is 1.56. The van der Waals surface area contributed by atoms with E-state index in [1.165, 1.54) is 6.08 Å². The number of benzene rings is 1. The average molecular weight is 283 g/mol. The van der Waals surface area contributed by atoms with Crippen molar-refractivity contribution in [2.45, 2.75) is 12.5 Å². The minimum Gasteiger partial charge on any atom is -0.501 e. The summed E-state index contributed by atoms with van der Waals surface area (Å²) in [5, 5.41) is 0. The smallest absolute Gasteiger partial charge is 0.334 e. The van der Waals surface area contributed by atoms with E-state index in [1.807, 2.05) is 24.3 Å². The highest BCUT2D eigenvalue weighted by atomic mass is 79.9. The summed E-state index contributed by atoms with van der Waals surface area (Å²) in [4.78, 5) is 11.3. The largest absolute Gasteiger partial charge is 0.501 e. The number of carbonyl (C=O) groups is 1. The van der Waals surface area contributed by atoms with Crippen molar-refractivity contribution in [2.75, 3.05) is 7.11 Å². The van der Waals surface area contributed by atoms with Crippen molar-refractivity contribution in [1.29, 1.82) is 0 Å². The average Bonchev–Trinajstić information content (AvgIpc) is 2.28. The Kier molecular flexibility index (Phi) is 3.29. The third-order valence-corrected chi connectivity index (χ3v) is 3.16. The van der Waals surface area contributed by atoms with E-state index in [0.29, 0.717) is 12.2 Å².